The summed E-state index contributed by atoms with van der Waals surface area (Å²) < 4.78 is 5.45. The number of ether oxygens (including phenoxy) is 1. The van der Waals surface area contributed by atoms with Gasteiger partial charge in [-0.2, -0.15) is 0 Å². The summed E-state index contributed by atoms with van der Waals surface area (Å²) in [5, 5.41) is 5.21. The number of hydrogen-bond acceptors (Lipinski definition) is 4. The lowest BCUT2D eigenvalue weighted by atomic mass is 9.87. The van der Waals surface area contributed by atoms with E-state index in [0.717, 1.165) is 36.5 Å². The zero-order valence-electron chi connectivity index (χ0n) is 12.4. The minimum Gasteiger partial charge on any atom is -0.381 e. The van der Waals surface area contributed by atoms with Gasteiger partial charge in [-0.05, 0) is 41.8 Å². The molecule has 1 aliphatic heterocycles. The molecule has 3 heterocycles. The normalized spacial score (nSPS) is 17.1. The first kappa shape index (κ1) is 15.2. The Morgan fingerprint density at radius 1 is 1.36 bits per heavy atom. The fourth-order valence-corrected chi connectivity index (χ4v) is 3.58. The van der Waals surface area contributed by atoms with Gasteiger partial charge in [0.25, 0.3) is 0 Å². The highest BCUT2D eigenvalue weighted by atomic mass is 32.1. The van der Waals surface area contributed by atoms with Gasteiger partial charge >= 0.3 is 0 Å². The van der Waals surface area contributed by atoms with Crippen LogP contribution in [0.5, 0.6) is 0 Å². The van der Waals surface area contributed by atoms with Crippen LogP contribution in [0.15, 0.2) is 42.0 Å². The van der Waals surface area contributed by atoms with Crippen molar-refractivity contribution in [1.29, 1.82) is 0 Å². The van der Waals surface area contributed by atoms with Crippen LogP contribution < -0.4 is 5.32 Å². The molecule has 3 rings (SSSR count). The summed E-state index contributed by atoms with van der Waals surface area (Å²) in [5.41, 5.74) is 1.08. The average Bonchev–Trinajstić information content (AvgIpc) is 3.07. The molecular weight excluding hydrogens is 296 g/mol. The van der Waals surface area contributed by atoms with Gasteiger partial charge < -0.3 is 10.1 Å². The van der Waals surface area contributed by atoms with Crippen molar-refractivity contribution in [3.63, 3.8) is 0 Å². The Bertz CT molecular complexity index is 580. The van der Waals surface area contributed by atoms with E-state index in [1.54, 1.807) is 17.5 Å². The van der Waals surface area contributed by atoms with Crippen molar-refractivity contribution in [2.45, 2.75) is 25.3 Å². The molecule has 0 radical (unpaired) electrons. The molecule has 0 unspecified atom stereocenters. The molecule has 1 N–H and O–H groups in total. The van der Waals surface area contributed by atoms with Crippen LogP contribution in [0.3, 0.4) is 0 Å². The highest BCUT2D eigenvalue weighted by Crippen LogP contribution is 2.29. The van der Waals surface area contributed by atoms with Crippen molar-refractivity contribution in [3.8, 4) is 0 Å². The molecule has 2 aromatic rings. The van der Waals surface area contributed by atoms with Crippen molar-refractivity contribution < 1.29 is 9.53 Å². The van der Waals surface area contributed by atoms with E-state index < -0.39 is 0 Å². The molecule has 1 saturated heterocycles. The first-order valence-corrected chi connectivity index (χ1v) is 8.50. The minimum absolute atomic E-state index is 0.0186. The number of nitrogens with one attached hydrogen (secondary N) is 1. The maximum absolute atomic E-state index is 12.4. The lowest BCUT2D eigenvalue weighted by molar-refractivity contribution is -0.121. The molecule has 0 bridgehead atoms. The second-order valence-corrected chi connectivity index (χ2v) is 6.57. The predicted molar refractivity (Wildman–Crippen MR) is 86.7 cm³/mol. The van der Waals surface area contributed by atoms with Gasteiger partial charge in [0, 0.05) is 30.5 Å². The third-order valence-corrected chi connectivity index (χ3v) is 4.89. The highest BCUT2D eigenvalue weighted by molar-refractivity contribution is 7.10. The molecule has 0 aromatic carbocycles. The quantitative estimate of drug-likeness (QED) is 0.922. The number of carbonyl (C=O) groups is 1. The maximum Gasteiger partial charge on any atom is 0.225 e. The summed E-state index contributed by atoms with van der Waals surface area (Å²) in [4.78, 5) is 17.7. The van der Waals surface area contributed by atoms with Crippen LogP contribution in [-0.4, -0.2) is 24.1 Å². The fraction of sp³-hybridized carbons (Fsp3) is 0.412. The van der Waals surface area contributed by atoms with E-state index in [1.807, 2.05) is 35.8 Å². The Kier molecular flexibility index (Phi) is 5.19. The number of hydrogen-bond donors (Lipinski definition) is 1. The van der Waals surface area contributed by atoms with Crippen LogP contribution in [0.4, 0.5) is 0 Å². The topological polar surface area (TPSA) is 51.2 Å². The Hall–Kier alpha value is -1.72. The summed E-state index contributed by atoms with van der Waals surface area (Å²) in [6.45, 7) is 1.53. The Morgan fingerprint density at radius 3 is 2.91 bits per heavy atom. The first-order valence-electron chi connectivity index (χ1n) is 7.62. The average molecular weight is 316 g/mol. The smallest absolute Gasteiger partial charge is 0.225 e. The summed E-state index contributed by atoms with van der Waals surface area (Å²) in [6.07, 6.45) is 6.00. The zero-order chi connectivity index (χ0) is 15.2. The molecule has 1 aliphatic rings. The van der Waals surface area contributed by atoms with E-state index in [9.17, 15) is 4.79 Å². The second-order valence-electron chi connectivity index (χ2n) is 5.54. The van der Waals surface area contributed by atoms with E-state index in [2.05, 4.69) is 10.3 Å². The molecule has 0 spiro atoms. The highest BCUT2D eigenvalue weighted by Gasteiger charge is 2.27. The number of aromatic nitrogens is 1. The van der Waals surface area contributed by atoms with Crippen LogP contribution >= 0.6 is 11.3 Å². The summed E-state index contributed by atoms with van der Waals surface area (Å²) in [7, 11) is 0. The molecule has 0 saturated carbocycles. The lowest BCUT2D eigenvalue weighted by Crippen LogP contribution is -2.36. The van der Waals surface area contributed by atoms with Gasteiger partial charge in [0.1, 0.15) is 0 Å². The van der Waals surface area contributed by atoms with Gasteiger partial charge in [-0.25, -0.2) is 0 Å². The Balaban J connectivity index is 1.71. The van der Waals surface area contributed by atoms with Crippen molar-refractivity contribution >= 4 is 17.2 Å². The van der Waals surface area contributed by atoms with E-state index in [1.165, 1.54) is 0 Å². The monoisotopic (exact) mass is 316 g/mol. The predicted octanol–water partition coefficient (Wildman–Crippen LogP) is 2.97. The minimum atomic E-state index is 0.0186. The largest absolute Gasteiger partial charge is 0.381 e. The van der Waals surface area contributed by atoms with E-state index >= 15 is 0 Å². The molecule has 22 heavy (non-hydrogen) atoms. The molecule has 1 atom stereocenters. The van der Waals surface area contributed by atoms with Crippen molar-refractivity contribution in [2.75, 3.05) is 13.2 Å². The number of thiophene rings is 1. The first-order chi connectivity index (χ1) is 10.8. The van der Waals surface area contributed by atoms with Crippen molar-refractivity contribution in [2.24, 2.45) is 5.92 Å². The molecular formula is C17H20N2O2S. The van der Waals surface area contributed by atoms with E-state index in [0.29, 0.717) is 12.3 Å². The van der Waals surface area contributed by atoms with Crippen LogP contribution in [-0.2, 0) is 16.0 Å². The third kappa shape index (κ3) is 3.93. The molecule has 0 aliphatic carbocycles. The number of rotatable bonds is 5. The molecule has 5 heteroatoms. The summed E-state index contributed by atoms with van der Waals surface area (Å²) >= 11 is 1.62. The molecule has 1 amide bonds. The maximum atomic E-state index is 12.4. The van der Waals surface area contributed by atoms with Crippen LogP contribution in [0.2, 0.25) is 0 Å². The number of amides is 1. The van der Waals surface area contributed by atoms with Crippen LogP contribution in [0.1, 0.15) is 29.3 Å². The fourth-order valence-electron chi connectivity index (χ4n) is 2.88. The molecule has 2 aromatic heterocycles. The SMILES string of the molecule is O=C(Cc1cccs1)N[C@H](c1cccnc1)C1CCOCC1. The number of nitrogens with zero attached hydrogens (tertiary/aromatic N) is 1. The summed E-state index contributed by atoms with van der Waals surface area (Å²) in [6, 6.07) is 7.96. The van der Waals surface area contributed by atoms with E-state index in [4.69, 9.17) is 4.74 Å². The summed E-state index contributed by atoms with van der Waals surface area (Å²) in [5.74, 6) is 0.480. The van der Waals surface area contributed by atoms with Crippen LogP contribution in [0.25, 0.3) is 0 Å². The van der Waals surface area contributed by atoms with Gasteiger partial charge in [0.2, 0.25) is 5.91 Å². The van der Waals surface area contributed by atoms with E-state index in [-0.39, 0.29) is 11.9 Å². The van der Waals surface area contributed by atoms with Crippen molar-refractivity contribution in [3.05, 3.63) is 52.5 Å². The second kappa shape index (κ2) is 7.51. The van der Waals surface area contributed by atoms with Gasteiger partial charge in [0.05, 0.1) is 12.5 Å². The number of pyridine rings is 1. The lowest BCUT2D eigenvalue weighted by Gasteiger charge is -2.31. The molecule has 1 fully saturated rings. The number of carbonyl (C=O) groups excluding carboxylic acids is 1. The third-order valence-electron chi connectivity index (χ3n) is 4.01. The van der Waals surface area contributed by atoms with Crippen molar-refractivity contribution in [1.82, 2.24) is 10.3 Å². The Morgan fingerprint density at radius 2 is 2.23 bits per heavy atom. The molecule has 4 nitrogen and oxygen atoms in total. The van der Waals surface area contributed by atoms with Gasteiger partial charge in [0.15, 0.2) is 0 Å². The Labute approximate surface area is 134 Å². The van der Waals surface area contributed by atoms with Gasteiger partial charge in [-0.1, -0.05) is 12.1 Å². The van der Waals surface area contributed by atoms with Gasteiger partial charge in [-0.15, -0.1) is 11.3 Å². The standard InChI is InChI=1S/C17H20N2O2S/c20-16(11-15-4-2-10-22-15)19-17(13-5-8-21-9-6-13)14-3-1-7-18-12-14/h1-4,7,10,12-13,17H,5-6,8-9,11H2,(H,19,20)/t17-/m0/s1. The van der Waals surface area contributed by atoms with Crippen LogP contribution in [0, 0.1) is 5.92 Å². The van der Waals surface area contributed by atoms with Gasteiger partial charge in [-0.3, -0.25) is 9.78 Å². The molecule has 116 valence electrons. The zero-order valence-corrected chi connectivity index (χ0v) is 13.2.